The molecule has 0 unspecified atom stereocenters. The number of alkyl halides is 2. The Morgan fingerprint density at radius 1 is 1.26 bits per heavy atom. The molecule has 0 fully saturated rings. The fourth-order valence-electron chi connectivity index (χ4n) is 2.58. The van der Waals surface area contributed by atoms with Gasteiger partial charge >= 0.3 is 0 Å². The molecule has 0 saturated carbocycles. The molecule has 0 atom stereocenters. The minimum Gasteiger partial charge on any atom is -0.327 e. The zero-order chi connectivity index (χ0) is 13.4. The maximum atomic E-state index is 12.4. The van der Waals surface area contributed by atoms with Crippen LogP contribution in [-0.2, 0) is 13.0 Å². The van der Waals surface area contributed by atoms with E-state index in [9.17, 15) is 8.78 Å². The van der Waals surface area contributed by atoms with Gasteiger partial charge in [0.15, 0.2) is 0 Å². The summed E-state index contributed by atoms with van der Waals surface area (Å²) in [6.07, 6.45) is -1.54. The van der Waals surface area contributed by atoms with Crippen LogP contribution in [0.4, 0.5) is 8.78 Å². The Morgan fingerprint density at radius 3 is 2.89 bits per heavy atom. The van der Waals surface area contributed by atoms with Gasteiger partial charge in [-0.05, 0) is 18.2 Å². The van der Waals surface area contributed by atoms with E-state index < -0.39 is 6.43 Å². The molecule has 19 heavy (non-hydrogen) atoms. The molecule has 3 rings (SSSR count). The Labute approximate surface area is 118 Å². The first-order valence-corrected chi connectivity index (χ1v) is 7.08. The Bertz CT molecular complexity index is 597. The van der Waals surface area contributed by atoms with Crippen molar-refractivity contribution in [2.75, 3.05) is 19.6 Å². The molecule has 3 nitrogen and oxygen atoms in total. The Kier molecular flexibility index (Phi) is 3.54. The van der Waals surface area contributed by atoms with Gasteiger partial charge in [0.2, 0.25) is 0 Å². The number of fused-ring (bicyclic) bond motifs is 3. The summed E-state index contributed by atoms with van der Waals surface area (Å²) in [6, 6.07) is 6.01. The first-order valence-electron chi connectivity index (χ1n) is 6.28. The second-order valence-electron chi connectivity index (χ2n) is 4.75. The minimum atomic E-state index is -2.27. The van der Waals surface area contributed by atoms with Crippen molar-refractivity contribution in [1.29, 1.82) is 0 Å². The molecular formula is C13H14BrF2N3. The van der Waals surface area contributed by atoms with Gasteiger partial charge in [0.1, 0.15) is 5.82 Å². The molecule has 2 aromatic rings. The first kappa shape index (κ1) is 13.0. The molecule has 6 heteroatoms. The highest BCUT2D eigenvalue weighted by atomic mass is 79.9. The smallest absolute Gasteiger partial charge is 0.251 e. The van der Waals surface area contributed by atoms with Crippen molar-refractivity contribution in [3.63, 3.8) is 0 Å². The van der Waals surface area contributed by atoms with Crippen LogP contribution in [0, 0.1) is 0 Å². The summed E-state index contributed by atoms with van der Waals surface area (Å²) in [5, 5.41) is 0. The molecule has 102 valence electrons. The molecule has 0 bridgehead atoms. The van der Waals surface area contributed by atoms with Crippen LogP contribution in [0.3, 0.4) is 0 Å². The summed E-state index contributed by atoms with van der Waals surface area (Å²) >= 11 is 3.44. The van der Waals surface area contributed by atoms with Crippen LogP contribution in [0.15, 0.2) is 22.7 Å². The van der Waals surface area contributed by atoms with Crippen LogP contribution in [0.2, 0.25) is 0 Å². The average Bonchev–Trinajstić information content (AvgIpc) is 2.57. The van der Waals surface area contributed by atoms with Crippen molar-refractivity contribution in [2.45, 2.75) is 19.4 Å². The maximum Gasteiger partial charge on any atom is 0.251 e. The van der Waals surface area contributed by atoms with E-state index in [1.165, 1.54) is 0 Å². The van der Waals surface area contributed by atoms with Crippen molar-refractivity contribution >= 4 is 27.0 Å². The third kappa shape index (κ3) is 2.65. The van der Waals surface area contributed by atoms with Crippen LogP contribution in [0.1, 0.15) is 5.82 Å². The second kappa shape index (κ2) is 5.17. The van der Waals surface area contributed by atoms with Crippen molar-refractivity contribution in [3.05, 3.63) is 28.5 Å². The summed E-state index contributed by atoms with van der Waals surface area (Å²) in [5.74, 6) is 0.991. The van der Waals surface area contributed by atoms with Crippen LogP contribution < -0.4 is 0 Å². The lowest BCUT2D eigenvalue weighted by molar-refractivity contribution is 0.0893. The summed E-state index contributed by atoms with van der Waals surface area (Å²) in [4.78, 5) is 6.42. The minimum absolute atomic E-state index is 0.145. The van der Waals surface area contributed by atoms with E-state index in [1.54, 1.807) is 0 Å². The number of nitrogens with zero attached hydrogens (tertiary/aromatic N) is 3. The summed E-state index contributed by atoms with van der Waals surface area (Å²) in [7, 11) is 0. The van der Waals surface area contributed by atoms with Gasteiger partial charge in [-0.3, -0.25) is 4.90 Å². The SMILES string of the molecule is FC(F)CN1CCc2nc3cc(Br)ccc3n2CC1. The molecular weight excluding hydrogens is 316 g/mol. The van der Waals surface area contributed by atoms with Gasteiger partial charge in [0, 0.05) is 30.5 Å². The zero-order valence-corrected chi connectivity index (χ0v) is 11.9. The van der Waals surface area contributed by atoms with Crippen molar-refractivity contribution in [3.8, 4) is 0 Å². The molecule has 1 aliphatic heterocycles. The Balaban J connectivity index is 1.88. The summed E-state index contributed by atoms with van der Waals surface area (Å²) in [5.41, 5.74) is 2.05. The average molecular weight is 330 g/mol. The van der Waals surface area contributed by atoms with Crippen LogP contribution in [-0.4, -0.2) is 40.5 Å². The van der Waals surface area contributed by atoms with E-state index in [4.69, 9.17) is 0 Å². The van der Waals surface area contributed by atoms with E-state index in [1.807, 2.05) is 23.1 Å². The first-order chi connectivity index (χ1) is 9.13. The third-order valence-electron chi connectivity index (χ3n) is 3.48. The quantitative estimate of drug-likeness (QED) is 0.844. The van der Waals surface area contributed by atoms with Gasteiger partial charge < -0.3 is 4.57 Å². The lowest BCUT2D eigenvalue weighted by Gasteiger charge is -2.18. The van der Waals surface area contributed by atoms with Gasteiger partial charge in [-0.25, -0.2) is 13.8 Å². The second-order valence-corrected chi connectivity index (χ2v) is 5.67. The number of halogens is 3. The monoisotopic (exact) mass is 329 g/mol. The third-order valence-corrected chi connectivity index (χ3v) is 3.97. The van der Waals surface area contributed by atoms with Gasteiger partial charge in [-0.2, -0.15) is 0 Å². The lowest BCUT2D eigenvalue weighted by Crippen LogP contribution is -2.31. The Morgan fingerprint density at radius 2 is 2.11 bits per heavy atom. The summed E-state index contributed by atoms with van der Waals surface area (Å²) in [6.45, 7) is 1.88. The predicted octanol–water partition coefficient (Wildman–Crippen LogP) is 2.92. The maximum absolute atomic E-state index is 12.4. The molecule has 0 N–H and O–H groups in total. The van der Waals surface area contributed by atoms with Crippen molar-refractivity contribution < 1.29 is 8.78 Å². The van der Waals surface area contributed by atoms with Crippen LogP contribution in [0.5, 0.6) is 0 Å². The number of hydrogen-bond donors (Lipinski definition) is 0. The molecule has 0 aliphatic carbocycles. The van der Waals surface area contributed by atoms with Gasteiger partial charge in [-0.15, -0.1) is 0 Å². The summed E-state index contributed by atoms with van der Waals surface area (Å²) < 4.78 is 28.0. The molecule has 0 saturated heterocycles. The van der Waals surface area contributed by atoms with E-state index in [0.717, 1.165) is 34.3 Å². The van der Waals surface area contributed by atoms with Crippen molar-refractivity contribution in [2.24, 2.45) is 0 Å². The predicted molar refractivity (Wildman–Crippen MR) is 73.6 cm³/mol. The van der Waals surface area contributed by atoms with Crippen LogP contribution >= 0.6 is 15.9 Å². The highest BCUT2D eigenvalue weighted by Crippen LogP contribution is 2.22. The topological polar surface area (TPSA) is 21.1 Å². The van der Waals surface area contributed by atoms with E-state index >= 15 is 0 Å². The van der Waals surface area contributed by atoms with E-state index in [-0.39, 0.29) is 6.54 Å². The number of aromatic nitrogens is 2. The Hall–Kier alpha value is -1.01. The van der Waals surface area contributed by atoms with Gasteiger partial charge in [0.25, 0.3) is 6.43 Å². The van der Waals surface area contributed by atoms with Crippen LogP contribution in [0.25, 0.3) is 11.0 Å². The molecule has 2 heterocycles. The normalized spacial score (nSPS) is 16.8. The highest BCUT2D eigenvalue weighted by Gasteiger charge is 2.19. The van der Waals surface area contributed by atoms with E-state index in [0.29, 0.717) is 13.1 Å². The number of rotatable bonds is 2. The fourth-order valence-corrected chi connectivity index (χ4v) is 2.93. The van der Waals surface area contributed by atoms with Gasteiger partial charge in [-0.1, -0.05) is 15.9 Å². The molecule has 1 aromatic heterocycles. The molecule has 1 aromatic carbocycles. The number of benzene rings is 1. The largest absolute Gasteiger partial charge is 0.327 e. The number of imidazole rings is 1. The molecule has 0 spiro atoms. The molecule has 0 amide bonds. The lowest BCUT2D eigenvalue weighted by atomic mass is 10.3. The van der Waals surface area contributed by atoms with E-state index in [2.05, 4.69) is 25.5 Å². The number of hydrogen-bond acceptors (Lipinski definition) is 2. The highest BCUT2D eigenvalue weighted by molar-refractivity contribution is 9.10. The molecule has 1 aliphatic rings. The van der Waals surface area contributed by atoms with Crippen molar-refractivity contribution in [1.82, 2.24) is 14.5 Å². The molecule has 0 radical (unpaired) electrons. The fraction of sp³-hybridized carbons (Fsp3) is 0.462. The zero-order valence-electron chi connectivity index (χ0n) is 10.3. The van der Waals surface area contributed by atoms with Gasteiger partial charge in [0.05, 0.1) is 17.6 Å². The standard InChI is InChI=1S/C13H14BrF2N3/c14-9-1-2-11-10(7-9)17-13-3-4-18(8-12(15)16)5-6-19(11)13/h1-2,7,12H,3-6,8H2.